The number of rotatable bonds is 6. The molecule has 0 saturated carbocycles. The molecule has 0 spiro atoms. The number of aliphatic hydroxyl groups is 1. The van der Waals surface area contributed by atoms with Crippen molar-refractivity contribution < 1.29 is 9.84 Å². The molecule has 0 amide bonds. The van der Waals surface area contributed by atoms with Gasteiger partial charge in [0, 0.05) is 15.8 Å². The largest absolute Gasteiger partial charge is 0.492 e. The molecule has 1 aromatic carbocycles. The van der Waals surface area contributed by atoms with Crippen LogP contribution < -0.4 is 4.74 Å². The number of ether oxygens (including phenoxy) is 1. The van der Waals surface area contributed by atoms with Gasteiger partial charge in [-0.3, -0.25) is 0 Å². The molecule has 1 atom stereocenters. The van der Waals surface area contributed by atoms with Crippen LogP contribution >= 0.6 is 27.7 Å². The lowest BCUT2D eigenvalue weighted by atomic mass is 10.1. The van der Waals surface area contributed by atoms with Gasteiger partial charge in [0.2, 0.25) is 0 Å². The predicted octanol–water partition coefficient (Wildman–Crippen LogP) is 3.63. The molecule has 0 aliphatic heterocycles. The highest BCUT2D eigenvalue weighted by atomic mass is 79.9. The Morgan fingerprint density at radius 1 is 1.50 bits per heavy atom. The summed E-state index contributed by atoms with van der Waals surface area (Å²) in [6.45, 7) is 4.56. The van der Waals surface area contributed by atoms with E-state index in [0.29, 0.717) is 6.61 Å². The third-order valence-corrected chi connectivity index (χ3v) is 3.47. The molecule has 0 radical (unpaired) electrons. The summed E-state index contributed by atoms with van der Waals surface area (Å²) in [6.07, 6.45) is -0.508. The second-order valence-electron chi connectivity index (χ2n) is 3.40. The average molecular weight is 305 g/mol. The van der Waals surface area contributed by atoms with E-state index in [1.807, 2.05) is 30.0 Å². The number of hydrogen-bond donors (Lipinski definition) is 1. The Bertz CT molecular complexity index is 329. The molecule has 0 heterocycles. The molecular weight excluding hydrogens is 288 g/mol. The fourth-order valence-corrected chi connectivity index (χ4v) is 2.20. The van der Waals surface area contributed by atoms with E-state index >= 15 is 0 Å². The van der Waals surface area contributed by atoms with Gasteiger partial charge in [-0.05, 0) is 30.9 Å². The SMILES string of the molecule is CCSCCOc1ccc(Br)cc1C(C)O. The number of aliphatic hydroxyl groups excluding tert-OH is 1. The minimum absolute atomic E-state index is 0.508. The van der Waals surface area contributed by atoms with Crippen LogP contribution in [-0.2, 0) is 0 Å². The van der Waals surface area contributed by atoms with E-state index in [1.54, 1.807) is 6.92 Å². The maximum Gasteiger partial charge on any atom is 0.125 e. The standard InChI is InChI=1S/C12H17BrO2S/c1-3-16-7-6-15-12-5-4-10(13)8-11(12)9(2)14/h4-5,8-9,14H,3,6-7H2,1-2H3. The number of halogens is 1. The molecule has 2 nitrogen and oxygen atoms in total. The summed E-state index contributed by atoms with van der Waals surface area (Å²) in [6, 6.07) is 5.71. The first kappa shape index (κ1) is 13.9. The molecule has 1 rings (SSSR count). The Balaban J connectivity index is 2.64. The van der Waals surface area contributed by atoms with Gasteiger partial charge in [0.05, 0.1) is 12.7 Å². The third kappa shape index (κ3) is 4.36. The lowest BCUT2D eigenvalue weighted by molar-refractivity contribution is 0.192. The van der Waals surface area contributed by atoms with Crippen molar-refractivity contribution in [1.29, 1.82) is 0 Å². The van der Waals surface area contributed by atoms with Crippen LogP contribution in [0.3, 0.4) is 0 Å². The van der Waals surface area contributed by atoms with Crippen LogP contribution in [0.1, 0.15) is 25.5 Å². The van der Waals surface area contributed by atoms with Crippen LogP contribution in [0, 0.1) is 0 Å². The van der Waals surface area contributed by atoms with E-state index in [4.69, 9.17) is 4.74 Å². The Labute approximate surface area is 110 Å². The summed E-state index contributed by atoms with van der Waals surface area (Å²) in [5.41, 5.74) is 0.830. The molecular formula is C12H17BrO2S. The zero-order valence-corrected chi connectivity index (χ0v) is 12.0. The van der Waals surface area contributed by atoms with Crippen LogP contribution in [0.5, 0.6) is 5.75 Å². The lowest BCUT2D eigenvalue weighted by Crippen LogP contribution is -2.04. The monoisotopic (exact) mass is 304 g/mol. The fourth-order valence-electron chi connectivity index (χ4n) is 1.33. The Kier molecular flexibility index (Phi) is 6.24. The molecule has 0 aliphatic rings. The number of thioether (sulfide) groups is 1. The zero-order chi connectivity index (χ0) is 12.0. The lowest BCUT2D eigenvalue weighted by Gasteiger charge is -2.13. The highest BCUT2D eigenvalue weighted by Crippen LogP contribution is 2.28. The summed E-state index contributed by atoms with van der Waals surface area (Å²) < 4.78 is 6.61. The molecule has 1 aromatic rings. The van der Waals surface area contributed by atoms with Crippen molar-refractivity contribution >= 4 is 27.7 Å². The van der Waals surface area contributed by atoms with E-state index in [0.717, 1.165) is 27.3 Å². The van der Waals surface area contributed by atoms with Crippen molar-refractivity contribution in [1.82, 2.24) is 0 Å². The van der Waals surface area contributed by atoms with Crippen LogP contribution in [0.4, 0.5) is 0 Å². The zero-order valence-electron chi connectivity index (χ0n) is 9.57. The Morgan fingerprint density at radius 2 is 2.25 bits per heavy atom. The summed E-state index contributed by atoms with van der Waals surface area (Å²) in [7, 11) is 0. The van der Waals surface area contributed by atoms with Crippen molar-refractivity contribution in [3.63, 3.8) is 0 Å². The van der Waals surface area contributed by atoms with Crippen LogP contribution in [0.15, 0.2) is 22.7 Å². The Hall–Kier alpha value is -0.190. The highest BCUT2D eigenvalue weighted by molar-refractivity contribution is 9.10. The van der Waals surface area contributed by atoms with Crippen molar-refractivity contribution in [3.8, 4) is 5.75 Å². The first-order valence-electron chi connectivity index (χ1n) is 5.33. The minimum Gasteiger partial charge on any atom is -0.492 e. The molecule has 90 valence electrons. The second-order valence-corrected chi connectivity index (χ2v) is 5.71. The smallest absolute Gasteiger partial charge is 0.125 e. The summed E-state index contributed by atoms with van der Waals surface area (Å²) >= 11 is 5.23. The molecule has 0 fully saturated rings. The summed E-state index contributed by atoms with van der Waals surface area (Å²) in [4.78, 5) is 0. The van der Waals surface area contributed by atoms with Gasteiger partial charge in [-0.2, -0.15) is 11.8 Å². The van der Waals surface area contributed by atoms with Crippen molar-refractivity contribution in [2.75, 3.05) is 18.1 Å². The molecule has 0 aromatic heterocycles. The quantitative estimate of drug-likeness (QED) is 0.814. The van der Waals surface area contributed by atoms with Gasteiger partial charge in [-0.15, -0.1) is 0 Å². The summed E-state index contributed by atoms with van der Waals surface area (Å²) in [5.74, 6) is 2.86. The number of hydrogen-bond acceptors (Lipinski definition) is 3. The van der Waals surface area contributed by atoms with Gasteiger partial charge in [0.1, 0.15) is 5.75 Å². The van der Waals surface area contributed by atoms with E-state index in [9.17, 15) is 5.11 Å². The first-order chi connectivity index (χ1) is 7.65. The van der Waals surface area contributed by atoms with Crippen LogP contribution in [-0.4, -0.2) is 23.2 Å². The molecule has 0 saturated heterocycles. The molecule has 4 heteroatoms. The van der Waals surface area contributed by atoms with Crippen LogP contribution in [0.25, 0.3) is 0 Å². The maximum absolute atomic E-state index is 9.63. The van der Waals surface area contributed by atoms with Crippen LogP contribution in [0.2, 0.25) is 0 Å². The van der Waals surface area contributed by atoms with E-state index < -0.39 is 6.10 Å². The van der Waals surface area contributed by atoms with Gasteiger partial charge in [0.15, 0.2) is 0 Å². The first-order valence-corrected chi connectivity index (χ1v) is 7.28. The minimum atomic E-state index is -0.508. The highest BCUT2D eigenvalue weighted by Gasteiger charge is 2.09. The predicted molar refractivity (Wildman–Crippen MR) is 73.3 cm³/mol. The van der Waals surface area contributed by atoms with Crippen molar-refractivity contribution in [2.45, 2.75) is 20.0 Å². The van der Waals surface area contributed by atoms with E-state index in [1.165, 1.54) is 0 Å². The second kappa shape index (κ2) is 7.20. The molecule has 16 heavy (non-hydrogen) atoms. The van der Waals surface area contributed by atoms with Gasteiger partial charge in [-0.25, -0.2) is 0 Å². The normalized spacial score (nSPS) is 12.5. The van der Waals surface area contributed by atoms with Gasteiger partial charge in [0.25, 0.3) is 0 Å². The summed E-state index contributed by atoms with van der Waals surface area (Å²) in [5, 5.41) is 9.63. The maximum atomic E-state index is 9.63. The molecule has 1 unspecified atom stereocenters. The average Bonchev–Trinajstić information content (AvgIpc) is 2.26. The molecule has 1 N–H and O–H groups in total. The van der Waals surface area contributed by atoms with E-state index in [-0.39, 0.29) is 0 Å². The van der Waals surface area contributed by atoms with Crippen molar-refractivity contribution in [2.24, 2.45) is 0 Å². The fraction of sp³-hybridized carbons (Fsp3) is 0.500. The molecule has 0 aliphatic carbocycles. The number of benzene rings is 1. The van der Waals surface area contributed by atoms with Gasteiger partial charge < -0.3 is 9.84 Å². The molecule has 0 bridgehead atoms. The van der Waals surface area contributed by atoms with Gasteiger partial charge in [-0.1, -0.05) is 22.9 Å². The van der Waals surface area contributed by atoms with Gasteiger partial charge >= 0.3 is 0 Å². The third-order valence-electron chi connectivity index (χ3n) is 2.11. The Morgan fingerprint density at radius 3 is 2.88 bits per heavy atom. The topological polar surface area (TPSA) is 29.5 Å². The van der Waals surface area contributed by atoms with Crippen molar-refractivity contribution in [3.05, 3.63) is 28.2 Å². The van der Waals surface area contributed by atoms with E-state index in [2.05, 4.69) is 22.9 Å².